The first-order valence-electron chi connectivity index (χ1n) is 6.11. The minimum absolute atomic E-state index is 0.0250. The lowest BCUT2D eigenvalue weighted by atomic mass is 10.2. The molecule has 1 fully saturated rings. The molecule has 1 saturated carbocycles. The Morgan fingerprint density at radius 3 is 2.67 bits per heavy atom. The summed E-state index contributed by atoms with van der Waals surface area (Å²) >= 11 is 11.6. The van der Waals surface area contributed by atoms with Crippen LogP contribution in [0.3, 0.4) is 0 Å². The van der Waals surface area contributed by atoms with Gasteiger partial charge in [-0.25, -0.2) is 4.98 Å². The predicted octanol–water partition coefficient (Wildman–Crippen LogP) is 3.65. The van der Waals surface area contributed by atoms with Gasteiger partial charge < -0.3 is 4.90 Å². The van der Waals surface area contributed by atoms with E-state index in [-0.39, 0.29) is 17.1 Å². The van der Waals surface area contributed by atoms with Crippen LogP contribution >= 0.6 is 23.2 Å². The minimum atomic E-state index is -0.0250. The molecule has 0 bridgehead atoms. The highest BCUT2D eigenvalue weighted by molar-refractivity contribution is 6.41. The van der Waals surface area contributed by atoms with Gasteiger partial charge in [0, 0.05) is 18.8 Å². The Morgan fingerprint density at radius 2 is 2.17 bits per heavy atom. The van der Waals surface area contributed by atoms with E-state index in [1.54, 1.807) is 6.07 Å². The number of carbonyl (C=O) groups is 1. The first kappa shape index (κ1) is 13.6. The smallest absolute Gasteiger partial charge is 0.255 e. The van der Waals surface area contributed by atoms with Crippen molar-refractivity contribution < 1.29 is 4.79 Å². The molecule has 5 heteroatoms. The van der Waals surface area contributed by atoms with Gasteiger partial charge in [-0.3, -0.25) is 4.79 Å². The van der Waals surface area contributed by atoms with E-state index in [4.69, 9.17) is 23.2 Å². The van der Waals surface area contributed by atoms with Crippen molar-refractivity contribution in [1.29, 1.82) is 0 Å². The van der Waals surface area contributed by atoms with Crippen LogP contribution in [0, 0.1) is 5.92 Å². The standard InChI is InChI=1S/C13H16Cl2N2O/c1-8(2)17(7-9-3-4-9)13(18)10-5-11(14)12(15)16-6-10/h5-6,8-9H,3-4,7H2,1-2H3. The lowest BCUT2D eigenvalue weighted by Gasteiger charge is -2.26. The van der Waals surface area contributed by atoms with Gasteiger partial charge >= 0.3 is 0 Å². The number of halogens is 2. The fraction of sp³-hybridized carbons (Fsp3) is 0.538. The Balaban J connectivity index is 2.18. The van der Waals surface area contributed by atoms with Crippen molar-refractivity contribution in [3.63, 3.8) is 0 Å². The van der Waals surface area contributed by atoms with Crippen LogP contribution in [0.4, 0.5) is 0 Å². The third-order valence-electron chi connectivity index (χ3n) is 3.08. The van der Waals surface area contributed by atoms with Gasteiger partial charge in [0.1, 0.15) is 5.15 Å². The summed E-state index contributed by atoms with van der Waals surface area (Å²) in [4.78, 5) is 18.2. The molecule has 3 nitrogen and oxygen atoms in total. The summed E-state index contributed by atoms with van der Waals surface area (Å²) in [6.07, 6.45) is 3.92. The van der Waals surface area contributed by atoms with E-state index in [0.717, 1.165) is 6.54 Å². The quantitative estimate of drug-likeness (QED) is 0.792. The monoisotopic (exact) mass is 286 g/mol. The van der Waals surface area contributed by atoms with Gasteiger partial charge in [-0.2, -0.15) is 0 Å². The maximum Gasteiger partial charge on any atom is 0.255 e. The second-order valence-electron chi connectivity index (χ2n) is 4.99. The van der Waals surface area contributed by atoms with Crippen LogP contribution in [0.2, 0.25) is 10.2 Å². The van der Waals surface area contributed by atoms with Crippen molar-refractivity contribution in [1.82, 2.24) is 9.88 Å². The molecule has 0 aromatic carbocycles. The third-order valence-corrected chi connectivity index (χ3v) is 3.77. The Labute approximate surface area is 117 Å². The summed E-state index contributed by atoms with van der Waals surface area (Å²) in [6, 6.07) is 1.76. The molecule has 1 heterocycles. The molecule has 0 N–H and O–H groups in total. The molecule has 1 aliphatic carbocycles. The minimum Gasteiger partial charge on any atom is -0.336 e. The molecule has 0 saturated heterocycles. The lowest BCUT2D eigenvalue weighted by Crippen LogP contribution is -2.38. The summed E-state index contributed by atoms with van der Waals surface area (Å²) < 4.78 is 0. The van der Waals surface area contributed by atoms with Gasteiger partial charge in [-0.05, 0) is 38.7 Å². The first-order chi connectivity index (χ1) is 8.49. The number of rotatable bonds is 4. The van der Waals surface area contributed by atoms with E-state index in [1.165, 1.54) is 19.0 Å². The molecular weight excluding hydrogens is 271 g/mol. The average Bonchev–Trinajstić information content (AvgIpc) is 3.12. The molecule has 1 aromatic rings. The van der Waals surface area contributed by atoms with Crippen LogP contribution in [0.15, 0.2) is 12.3 Å². The molecule has 1 amide bonds. The van der Waals surface area contributed by atoms with Gasteiger partial charge in [0.25, 0.3) is 5.91 Å². The molecule has 0 atom stereocenters. The van der Waals surface area contributed by atoms with Crippen molar-refractivity contribution in [2.75, 3.05) is 6.54 Å². The molecular formula is C13H16Cl2N2O. The van der Waals surface area contributed by atoms with Gasteiger partial charge in [0.05, 0.1) is 10.6 Å². The average molecular weight is 287 g/mol. The molecule has 0 spiro atoms. The Kier molecular flexibility index (Phi) is 4.13. The normalized spacial score (nSPS) is 14.9. The lowest BCUT2D eigenvalue weighted by molar-refractivity contribution is 0.0696. The van der Waals surface area contributed by atoms with Crippen LogP contribution in [0.25, 0.3) is 0 Å². The Hall–Kier alpha value is -0.800. The number of carbonyl (C=O) groups excluding carboxylic acids is 1. The number of amides is 1. The zero-order valence-corrected chi connectivity index (χ0v) is 12.0. The van der Waals surface area contributed by atoms with E-state index < -0.39 is 0 Å². The summed E-state index contributed by atoms with van der Waals surface area (Å²) in [5.41, 5.74) is 0.499. The summed E-state index contributed by atoms with van der Waals surface area (Å²) in [6.45, 7) is 4.85. The topological polar surface area (TPSA) is 33.2 Å². The summed E-state index contributed by atoms with van der Waals surface area (Å²) in [5.74, 6) is 0.634. The largest absolute Gasteiger partial charge is 0.336 e. The second-order valence-corrected chi connectivity index (χ2v) is 5.76. The zero-order valence-electron chi connectivity index (χ0n) is 10.5. The zero-order chi connectivity index (χ0) is 13.3. The summed E-state index contributed by atoms with van der Waals surface area (Å²) in [5, 5.41) is 0.546. The van der Waals surface area contributed by atoms with Crippen molar-refractivity contribution in [3.8, 4) is 0 Å². The number of nitrogens with zero attached hydrogens (tertiary/aromatic N) is 2. The van der Waals surface area contributed by atoms with Crippen LogP contribution in [0.5, 0.6) is 0 Å². The number of hydrogen-bond donors (Lipinski definition) is 0. The van der Waals surface area contributed by atoms with Gasteiger partial charge in [0.2, 0.25) is 0 Å². The van der Waals surface area contributed by atoms with Crippen molar-refractivity contribution in [2.45, 2.75) is 32.7 Å². The number of pyridine rings is 1. The summed E-state index contributed by atoms with van der Waals surface area (Å²) in [7, 11) is 0. The van der Waals surface area contributed by atoms with E-state index in [0.29, 0.717) is 16.5 Å². The van der Waals surface area contributed by atoms with E-state index in [9.17, 15) is 4.79 Å². The SMILES string of the molecule is CC(C)N(CC1CC1)C(=O)c1cnc(Cl)c(Cl)c1. The second kappa shape index (κ2) is 5.45. The molecule has 0 radical (unpaired) electrons. The maximum atomic E-state index is 12.4. The molecule has 0 unspecified atom stereocenters. The number of hydrogen-bond acceptors (Lipinski definition) is 2. The van der Waals surface area contributed by atoms with Crippen molar-refractivity contribution in [2.24, 2.45) is 5.92 Å². The third kappa shape index (κ3) is 3.15. The van der Waals surface area contributed by atoms with Crippen LogP contribution in [0.1, 0.15) is 37.0 Å². The molecule has 0 aliphatic heterocycles. The van der Waals surface area contributed by atoms with Gasteiger partial charge in [-0.1, -0.05) is 23.2 Å². The van der Waals surface area contributed by atoms with E-state index in [2.05, 4.69) is 4.98 Å². The van der Waals surface area contributed by atoms with Crippen molar-refractivity contribution in [3.05, 3.63) is 28.0 Å². The molecule has 98 valence electrons. The fourth-order valence-corrected chi connectivity index (χ4v) is 2.08. The predicted molar refractivity (Wildman–Crippen MR) is 73.2 cm³/mol. The first-order valence-corrected chi connectivity index (χ1v) is 6.86. The van der Waals surface area contributed by atoms with E-state index >= 15 is 0 Å². The highest BCUT2D eigenvalue weighted by atomic mass is 35.5. The molecule has 1 aromatic heterocycles. The van der Waals surface area contributed by atoms with Crippen LogP contribution < -0.4 is 0 Å². The van der Waals surface area contributed by atoms with Crippen LogP contribution in [-0.4, -0.2) is 28.4 Å². The highest BCUT2D eigenvalue weighted by Crippen LogP contribution is 2.31. The Morgan fingerprint density at radius 1 is 1.50 bits per heavy atom. The highest BCUT2D eigenvalue weighted by Gasteiger charge is 2.28. The van der Waals surface area contributed by atoms with Crippen LogP contribution in [-0.2, 0) is 0 Å². The van der Waals surface area contributed by atoms with Gasteiger partial charge in [0.15, 0.2) is 0 Å². The molecule has 2 rings (SSSR count). The molecule has 1 aliphatic rings. The fourth-order valence-electron chi connectivity index (χ4n) is 1.81. The maximum absolute atomic E-state index is 12.4. The number of aromatic nitrogens is 1. The van der Waals surface area contributed by atoms with Gasteiger partial charge in [-0.15, -0.1) is 0 Å². The van der Waals surface area contributed by atoms with E-state index in [1.807, 2.05) is 18.7 Å². The molecule has 18 heavy (non-hydrogen) atoms. The Bertz CT molecular complexity index is 458. The van der Waals surface area contributed by atoms with Crippen molar-refractivity contribution >= 4 is 29.1 Å².